The van der Waals surface area contributed by atoms with Crippen LogP contribution >= 0.6 is 0 Å². The van der Waals surface area contributed by atoms with E-state index in [2.05, 4.69) is 0 Å². The molecule has 24 heavy (non-hydrogen) atoms. The van der Waals surface area contributed by atoms with E-state index in [1.807, 2.05) is 31.2 Å². The van der Waals surface area contributed by atoms with Crippen molar-refractivity contribution in [2.45, 2.75) is 32.5 Å². The average molecular weight is 341 g/mol. The molecule has 0 aliphatic carbocycles. The van der Waals surface area contributed by atoms with Gasteiger partial charge in [-0.15, -0.1) is 0 Å². The largest absolute Gasteiger partial charge is 0.481 e. The number of alkyl halides is 3. The van der Waals surface area contributed by atoms with Crippen LogP contribution in [0.1, 0.15) is 24.7 Å². The van der Waals surface area contributed by atoms with Crippen LogP contribution in [0.2, 0.25) is 0 Å². The molecular formula is C17H18F3NO3. The first kappa shape index (κ1) is 16.8. The van der Waals surface area contributed by atoms with Crippen LogP contribution < -0.4 is 0 Å². The highest BCUT2D eigenvalue weighted by molar-refractivity contribution is 5.81. The van der Waals surface area contributed by atoms with Gasteiger partial charge in [0.05, 0.1) is 6.54 Å². The zero-order chi connectivity index (χ0) is 17.5. The van der Waals surface area contributed by atoms with Gasteiger partial charge in [-0.1, -0.05) is 25.1 Å². The number of fused-ring (bicyclic) bond motifs is 1. The minimum Gasteiger partial charge on any atom is -0.481 e. The van der Waals surface area contributed by atoms with E-state index in [0.29, 0.717) is 5.76 Å². The Hall–Kier alpha value is -2.02. The molecule has 0 saturated carbocycles. The Morgan fingerprint density at radius 3 is 2.75 bits per heavy atom. The predicted molar refractivity (Wildman–Crippen MR) is 81.6 cm³/mol. The second-order valence-electron chi connectivity index (χ2n) is 6.25. The van der Waals surface area contributed by atoms with Crippen LogP contribution in [0.15, 0.2) is 28.7 Å². The van der Waals surface area contributed by atoms with Gasteiger partial charge in [0, 0.05) is 18.5 Å². The molecule has 1 saturated heterocycles. The van der Waals surface area contributed by atoms with Crippen molar-refractivity contribution in [1.82, 2.24) is 4.90 Å². The number of hydrogen-bond donors (Lipinski definition) is 1. The number of likely N-dealkylation sites (tertiary alicyclic amines) is 1. The van der Waals surface area contributed by atoms with Crippen LogP contribution in [0.25, 0.3) is 11.0 Å². The molecule has 3 rings (SSSR count). The Bertz CT molecular complexity index is 768. The molecule has 1 aliphatic heterocycles. The third-order valence-electron chi connectivity index (χ3n) is 4.74. The van der Waals surface area contributed by atoms with Crippen molar-refractivity contribution in [3.63, 3.8) is 0 Å². The first-order valence-corrected chi connectivity index (χ1v) is 7.79. The van der Waals surface area contributed by atoms with E-state index in [0.717, 1.165) is 23.0 Å². The first-order chi connectivity index (χ1) is 11.3. The summed E-state index contributed by atoms with van der Waals surface area (Å²) in [5.74, 6) is -1.26. The molecule has 0 bridgehead atoms. The lowest BCUT2D eigenvalue weighted by molar-refractivity contribution is -0.227. The lowest BCUT2D eigenvalue weighted by Gasteiger charge is -2.27. The second kappa shape index (κ2) is 5.81. The Morgan fingerprint density at radius 2 is 2.17 bits per heavy atom. The number of nitrogens with zero attached hydrogens (tertiary/aromatic N) is 1. The number of aliphatic carboxylic acids is 1. The summed E-state index contributed by atoms with van der Waals surface area (Å²) in [5, 5.41) is 10.0. The van der Waals surface area contributed by atoms with E-state index in [9.17, 15) is 18.0 Å². The number of carbonyl (C=O) groups is 1. The lowest BCUT2D eigenvalue weighted by Crippen LogP contribution is -2.47. The minimum absolute atomic E-state index is 0.0729. The fourth-order valence-electron chi connectivity index (χ4n) is 3.30. The highest BCUT2D eigenvalue weighted by Crippen LogP contribution is 2.46. The molecule has 130 valence electrons. The average Bonchev–Trinajstić information content (AvgIpc) is 3.10. The number of furan rings is 1. The summed E-state index contributed by atoms with van der Waals surface area (Å²) >= 11 is 0. The fraction of sp³-hybridized carbons (Fsp3) is 0.471. The third-order valence-corrected chi connectivity index (χ3v) is 4.74. The van der Waals surface area contributed by atoms with Gasteiger partial charge in [-0.2, -0.15) is 13.2 Å². The van der Waals surface area contributed by atoms with E-state index in [1.165, 1.54) is 4.90 Å². The zero-order valence-electron chi connectivity index (χ0n) is 13.2. The van der Waals surface area contributed by atoms with E-state index >= 15 is 0 Å². The van der Waals surface area contributed by atoms with Crippen LogP contribution in [0.3, 0.4) is 0 Å². The van der Waals surface area contributed by atoms with Gasteiger partial charge < -0.3 is 9.52 Å². The number of rotatable bonds is 4. The molecular weight excluding hydrogens is 323 g/mol. The maximum atomic E-state index is 13.2. The molecule has 1 N–H and O–H groups in total. The smallest absolute Gasteiger partial charge is 0.406 e. The maximum Gasteiger partial charge on any atom is 0.406 e. The molecule has 1 aromatic carbocycles. The van der Waals surface area contributed by atoms with Crippen LogP contribution in [0.4, 0.5) is 13.2 Å². The van der Waals surface area contributed by atoms with Crippen LogP contribution in [-0.2, 0) is 17.8 Å². The zero-order valence-corrected chi connectivity index (χ0v) is 13.2. The Labute approximate surface area is 136 Å². The van der Waals surface area contributed by atoms with E-state index in [4.69, 9.17) is 9.52 Å². The molecule has 1 unspecified atom stereocenters. The summed E-state index contributed by atoms with van der Waals surface area (Å²) in [4.78, 5) is 12.7. The normalized spacial score (nSPS) is 22.3. The van der Waals surface area contributed by atoms with Crippen LogP contribution in [-0.4, -0.2) is 35.2 Å². The molecule has 0 amide bonds. The molecule has 1 atom stereocenters. The van der Waals surface area contributed by atoms with Gasteiger partial charge in [-0.05, 0) is 24.5 Å². The lowest BCUT2D eigenvalue weighted by atomic mass is 9.86. The SMILES string of the molecule is CCc1cccc2cc(CN3CCC(C(=O)O)(C(F)(F)F)C3)oc12. The summed E-state index contributed by atoms with van der Waals surface area (Å²) in [6.45, 7) is 1.69. The van der Waals surface area contributed by atoms with Crippen molar-refractivity contribution in [3.8, 4) is 0 Å². The Morgan fingerprint density at radius 1 is 1.42 bits per heavy atom. The molecule has 1 aromatic heterocycles. The van der Waals surface area contributed by atoms with Crippen molar-refractivity contribution in [1.29, 1.82) is 0 Å². The summed E-state index contributed by atoms with van der Waals surface area (Å²) in [7, 11) is 0. The molecule has 2 aromatic rings. The van der Waals surface area contributed by atoms with Gasteiger partial charge in [0.1, 0.15) is 11.3 Å². The molecule has 1 fully saturated rings. The Balaban J connectivity index is 1.82. The maximum absolute atomic E-state index is 13.2. The van der Waals surface area contributed by atoms with Gasteiger partial charge in [0.25, 0.3) is 0 Å². The van der Waals surface area contributed by atoms with Crippen LogP contribution in [0, 0.1) is 5.41 Å². The number of carboxylic acid groups (broad SMARTS) is 1. The highest BCUT2D eigenvalue weighted by atomic mass is 19.4. The van der Waals surface area contributed by atoms with Gasteiger partial charge in [0.15, 0.2) is 5.41 Å². The van der Waals surface area contributed by atoms with E-state index in [1.54, 1.807) is 0 Å². The number of carboxylic acids is 1. The van der Waals surface area contributed by atoms with Crippen molar-refractivity contribution < 1.29 is 27.5 Å². The number of benzene rings is 1. The van der Waals surface area contributed by atoms with Gasteiger partial charge in [-0.3, -0.25) is 9.69 Å². The van der Waals surface area contributed by atoms with Gasteiger partial charge in [-0.25, -0.2) is 0 Å². The number of halogens is 3. The molecule has 1 aliphatic rings. The van der Waals surface area contributed by atoms with Crippen LogP contribution in [0.5, 0.6) is 0 Å². The second-order valence-corrected chi connectivity index (χ2v) is 6.25. The molecule has 0 spiro atoms. The summed E-state index contributed by atoms with van der Waals surface area (Å²) in [6, 6.07) is 7.56. The monoisotopic (exact) mass is 341 g/mol. The third kappa shape index (κ3) is 2.66. The van der Waals surface area contributed by atoms with Gasteiger partial charge >= 0.3 is 12.1 Å². The van der Waals surface area contributed by atoms with Crippen molar-refractivity contribution in [2.24, 2.45) is 5.41 Å². The number of hydrogen-bond acceptors (Lipinski definition) is 3. The molecule has 2 heterocycles. The summed E-state index contributed by atoms with van der Waals surface area (Å²) in [6.07, 6.45) is -4.41. The summed E-state index contributed by atoms with van der Waals surface area (Å²) in [5.41, 5.74) is -0.905. The fourth-order valence-corrected chi connectivity index (χ4v) is 3.30. The molecule has 0 radical (unpaired) electrons. The van der Waals surface area contributed by atoms with E-state index < -0.39 is 30.5 Å². The first-order valence-electron chi connectivity index (χ1n) is 7.79. The van der Waals surface area contributed by atoms with Gasteiger partial charge in [0.2, 0.25) is 0 Å². The quantitative estimate of drug-likeness (QED) is 0.918. The standard InChI is InChI=1S/C17H18F3NO3/c1-2-11-4-3-5-12-8-13(24-14(11)12)9-21-7-6-16(10-21,15(22)23)17(18,19)20/h3-5,8H,2,6-7,9-10H2,1H3,(H,22,23). The number of para-hydroxylation sites is 1. The predicted octanol–water partition coefficient (Wildman–Crippen LogP) is 3.83. The molecule has 4 nitrogen and oxygen atoms in total. The highest BCUT2D eigenvalue weighted by Gasteiger charge is 2.63. The Kier molecular flexibility index (Phi) is 4.07. The van der Waals surface area contributed by atoms with E-state index in [-0.39, 0.29) is 13.1 Å². The summed E-state index contributed by atoms with van der Waals surface area (Å²) < 4.78 is 45.4. The topological polar surface area (TPSA) is 53.7 Å². The van der Waals surface area contributed by atoms with Crippen molar-refractivity contribution in [2.75, 3.05) is 13.1 Å². The minimum atomic E-state index is -4.77. The van der Waals surface area contributed by atoms with Crippen molar-refractivity contribution in [3.05, 3.63) is 35.6 Å². The van der Waals surface area contributed by atoms with Crippen molar-refractivity contribution >= 4 is 16.9 Å². The molecule has 7 heteroatoms. The number of aryl methyl sites for hydroxylation is 1.